The molecule has 1 aliphatic heterocycles. The number of anilines is 3. The predicted molar refractivity (Wildman–Crippen MR) is 105 cm³/mol. The van der Waals surface area contributed by atoms with Crippen LogP contribution in [-0.4, -0.2) is 42.8 Å². The van der Waals surface area contributed by atoms with Gasteiger partial charge in [0.25, 0.3) is 0 Å². The van der Waals surface area contributed by atoms with Crippen molar-refractivity contribution in [2.45, 2.75) is 13.0 Å². The smallest absolute Gasteiger partial charge is 0.210 e. The van der Waals surface area contributed by atoms with Gasteiger partial charge in [0.2, 0.25) is 5.95 Å². The molecule has 0 radical (unpaired) electrons. The Labute approximate surface area is 165 Å². The third kappa shape index (κ3) is 2.93. The van der Waals surface area contributed by atoms with E-state index < -0.39 is 0 Å². The molecule has 0 spiro atoms. The second-order valence-corrected chi connectivity index (χ2v) is 6.90. The molecule has 5 rings (SSSR count). The summed E-state index contributed by atoms with van der Waals surface area (Å²) in [5.74, 6) is 1.78. The Bertz CT molecular complexity index is 1200. The highest BCUT2D eigenvalue weighted by Crippen LogP contribution is 2.31. The summed E-state index contributed by atoms with van der Waals surface area (Å²) in [5, 5.41) is 11.5. The fraction of sp³-hybridized carbons (Fsp3) is 0.263. The molecule has 9 nitrogen and oxygen atoms in total. The molecule has 4 heterocycles. The van der Waals surface area contributed by atoms with Crippen molar-refractivity contribution < 1.29 is 9.13 Å². The van der Waals surface area contributed by atoms with Crippen LogP contribution >= 0.6 is 0 Å². The molecule has 0 bridgehead atoms. The SMILES string of the molecule is CN(c1cn(C)cn1)c1cnc(NCc2c(F)ccc3c2CCO3)n2cnnc12. The van der Waals surface area contributed by atoms with Crippen LogP contribution in [0.2, 0.25) is 0 Å². The first-order valence-electron chi connectivity index (χ1n) is 9.19. The molecule has 0 saturated heterocycles. The molecule has 1 aliphatic rings. The van der Waals surface area contributed by atoms with Crippen LogP contribution in [0.3, 0.4) is 0 Å². The minimum Gasteiger partial charge on any atom is -0.493 e. The van der Waals surface area contributed by atoms with Crippen molar-refractivity contribution in [2.24, 2.45) is 7.05 Å². The van der Waals surface area contributed by atoms with Gasteiger partial charge in [0.1, 0.15) is 23.6 Å². The summed E-state index contributed by atoms with van der Waals surface area (Å²) in [6, 6.07) is 3.12. The lowest BCUT2D eigenvalue weighted by molar-refractivity contribution is 0.356. The normalized spacial score (nSPS) is 12.8. The van der Waals surface area contributed by atoms with Crippen molar-refractivity contribution in [2.75, 3.05) is 23.9 Å². The third-order valence-electron chi connectivity index (χ3n) is 5.07. The zero-order chi connectivity index (χ0) is 20.0. The number of ether oxygens (including phenoxy) is 1. The second kappa shape index (κ2) is 6.73. The van der Waals surface area contributed by atoms with Gasteiger partial charge in [0.15, 0.2) is 11.5 Å². The number of nitrogens with one attached hydrogen (secondary N) is 1. The van der Waals surface area contributed by atoms with Crippen LogP contribution in [0, 0.1) is 5.82 Å². The average Bonchev–Trinajstić information content (AvgIpc) is 3.46. The van der Waals surface area contributed by atoms with E-state index in [-0.39, 0.29) is 12.4 Å². The zero-order valence-corrected chi connectivity index (χ0v) is 16.0. The lowest BCUT2D eigenvalue weighted by atomic mass is 10.0. The van der Waals surface area contributed by atoms with Gasteiger partial charge in [-0.1, -0.05) is 0 Å². The number of rotatable bonds is 5. The number of hydrogen-bond donors (Lipinski definition) is 1. The summed E-state index contributed by atoms with van der Waals surface area (Å²) >= 11 is 0. The average molecular weight is 394 g/mol. The van der Waals surface area contributed by atoms with E-state index in [4.69, 9.17) is 4.74 Å². The molecule has 0 aliphatic carbocycles. The van der Waals surface area contributed by atoms with Crippen LogP contribution in [0.25, 0.3) is 5.65 Å². The van der Waals surface area contributed by atoms with Gasteiger partial charge in [-0.05, 0) is 12.1 Å². The van der Waals surface area contributed by atoms with Crippen LogP contribution in [-0.2, 0) is 20.0 Å². The fourth-order valence-corrected chi connectivity index (χ4v) is 3.54. The first kappa shape index (κ1) is 17.4. The van der Waals surface area contributed by atoms with Gasteiger partial charge in [-0.15, -0.1) is 10.2 Å². The maximum absolute atomic E-state index is 14.4. The van der Waals surface area contributed by atoms with Gasteiger partial charge in [-0.2, -0.15) is 0 Å². The Kier molecular flexibility index (Phi) is 4.04. The molecule has 3 aromatic heterocycles. The summed E-state index contributed by atoms with van der Waals surface area (Å²) in [6.45, 7) is 0.863. The van der Waals surface area contributed by atoms with Crippen molar-refractivity contribution in [3.05, 3.63) is 54.1 Å². The Hall–Kier alpha value is -3.69. The molecule has 4 aromatic rings. The minimum absolute atomic E-state index is 0.256. The minimum atomic E-state index is -0.256. The van der Waals surface area contributed by atoms with Crippen molar-refractivity contribution in [3.63, 3.8) is 0 Å². The van der Waals surface area contributed by atoms with E-state index >= 15 is 0 Å². The maximum atomic E-state index is 14.4. The topological polar surface area (TPSA) is 85.4 Å². The first-order valence-corrected chi connectivity index (χ1v) is 9.19. The lowest BCUT2D eigenvalue weighted by Gasteiger charge is -2.18. The number of halogens is 1. The summed E-state index contributed by atoms with van der Waals surface area (Å²) in [4.78, 5) is 10.8. The Morgan fingerprint density at radius 3 is 3.00 bits per heavy atom. The van der Waals surface area contributed by atoms with Crippen molar-refractivity contribution in [1.29, 1.82) is 0 Å². The van der Waals surface area contributed by atoms with E-state index in [9.17, 15) is 4.39 Å². The van der Waals surface area contributed by atoms with Crippen LogP contribution in [0.5, 0.6) is 5.75 Å². The van der Waals surface area contributed by atoms with Gasteiger partial charge in [0, 0.05) is 44.4 Å². The molecule has 0 saturated carbocycles. The number of nitrogens with zero attached hydrogens (tertiary/aromatic N) is 7. The summed E-state index contributed by atoms with van der Waals surface area (Å²) in [6.07, 6.45) is 7.62. The van der Waals surface area contributed by atoms with E-state index in [0.717, 1.165) is 22.8 Å². The Morgan fingerprint density at radius 2 is 2.17 bits per heavy atom. The second-order valence-electron chi connectivity index (χ2n) is 6.90. The standard InChI is InChI=1S/C19H19FN8O/c1-26-9-17(23-10-26)27(2)15-8-22-19(28-11-24-25-18(15)28)21-7-13-12-5-6-29-16(12)4-3-14(13)20/h3-4,8-11H,5-7H2,1-2H3,(H,21,22). The zero-order valence-electron chi connectivity index (χ0n) is 16.0. The number of imidazole rings is 1. The molecule has 0 amide bonds. The van der Waals surface area contributed by atoms with Gasteiger partial charge in [-0.25, -0.2) is 18.8 Å². The molecular weight excluding hydrogens is 375 g/mol. The highest BCUT2D eigenvalue weighted by molar-refractivity contribution is 5.74. The van der Waals surface area contributed by atoms with Crippen molar-refractivity contribution in [3.8, 4) is 5.75 Å². The van der Waals surface area contributed by atoms with Gasteiger partial charge < -0.3 is 19.5 Å². The Morgan fingerprint density at radius 1 is 1.28 bits per heavy atom. The molecule has 1 N–H and O–H groups in total. The maximum Gasteiger partial charge on any atom is 0.210 e. The van der Waals surface area contributed by atoms with Crippen molar-refractivity contribution >= 4 is 23.1 Å². The highest BCUT2D eigenvalue weighted by Gasteiger charge is 2.20. The van der Waals surface area contributed by atoms with Gasteiger partial charge >= 0.3 is 0 Å². The third-order valence-corrected chi connectivity index (χ3v) is 5.07. The van der Waals surface area contributed by atoms with Crippen LogP contribution < -0.4 is 15.0 Å². The van der Waals surface area contributed by atoms with E-state index in [1.165, 1.54) is 6.07 Å². The molecule has 148 valence electrons. The largest absolute Gasteiger partial charge is 0.493 e. The summed E-state index contributed by atoms with van der Waals surface area (Å²) < 4.78 is 23.5. The van der Waals surface area contributed by atoms with Gasteiger partial charge in [0.05, 0.1) is 19.1 Å². The summed E-state index contributed by atoms with van der Waals surface area (Å²) in [7, 11) is 3.80. The number of hydrogen-bond acceptors (Lipinski definition) is 7. The number of aryl methyl sites for hydroxylation is 1. The van der Waals surface area contributed by atoms with E-state index in [1.54, 1.807) is 29.3 Å². The van der Waals surface area contributed by atoms with Crippen LogP contribution in [0.1, 0.15) is 11.1 Å². The molecule has 1 aromatic carbocycles. The van der Waals surface area contributed by atoms with Gasteiger partial charge in [-0.3, -0.25) is 0 Å². The van der Waals surface area contributed by atoms with Crippen LogP contribution in [0.4, 0.5) is 21.8 Å². The quantitative estimate of drug-likeness (QED) is 0.556. The van der Waals surface area contributed by atoms with E-state index in [2.05, 4.69) is 25.5 Å². The number of fused-ring (bicyclic) bond motifs is 2. The lowest BCUT2D eigenvalue weighted by Crippen LogP contribution is -2.14. The number of aromatic nitrogens is 6. The van der Waals surface area contributed by atoms with E-state index in [0.29, 0.717) is 30.2 Å². The summed E-state index contributed by atoms with van der Waals surface area (Å²) in [5.41, 5.74) is 2.88. The number of benzene rings is 1. The molecular formula is C19H19FN8O. The van der Waals surface area contributed by atoms with Crippen LogP contribution in [0.15, 0.2) is 37.2 Å². The van der Waals surface area contributed by atoms with Crippen molar-refractivity contribution in [1.82, 2.24) is 29.1 Å². The molecule has 0 fully saturated rings. The molecule has 0 atom stereocenters. The fourth-order valence-electron chi connectivity index (χ4n) is 3.54. The predicted octanol–water partition coefficient (Wildman–Crippen LogP) is 2.31. The molecule has 10 heteroatoms. The monoisotopic (exact) mass is 394 g/mol. The van der Waals surface area contributed by atoms with E-state index in [1.807, 2.05) is 29.8 Å². The molecule has 29 heavy (non-hydrogen) atoms. The Balaban J connectivity index is 1.46. The highest BCUT2D eigenvalue weighted by atomic mass is 19.1. The molecule has 0 unspecified atom stereocenters. The first-order chi connectivity index (χ1) is 14.1.